The molecule has 0 aliphatic heterocycles. The highest BCUT2D eigenvalue weighted by Gasteiger charge is 2.21. The Kier molecular flexibility index (Phi) is 2.92. The first-order valence-electron chi connectivity index (χ1n) is 4.32. The molecule has 0 unspecified atom stereocenters. The summed E-state index contributed by atoms with van der Waals surface area (Å²) in [5.41, 5.74) is -0.313. The molecule has 0 amide bonds. The van der Waals surface area contributed by atoms with Crippen molar-refractivity contribution in [2.75, 3.05) is 0 Å². The van der Waals surface area contributed by atoms with Gasteiger partial charge >= 0.3 is 0 Å². The van der Waals surface area contributed by atoms with Crippen molar-refractivity contribution >= 4 is 21.2 Å². The predicted molar refractivity (Wildman–Crippen MR) is 57.5 cm³/mol. The fourth-order valence-corrected chi connectivity index (χ4v) is 3.31. The van der Waals surface area contributed by atoms with Gasteiger partial charge in [0.1, 0.15) is 18.1 Å². The van der Waals surface area contributed by atoms with Crippen LogP contribution in [0.2, 0.25) is 0 Å². The van der Waals surface area contributed by atoms with E-state index in [4.69, 9.17) is 5.26 Å². The van der Waals surface area contributed by atoms with Gasteiger partial charge in [0.05, 0.1) is 10.5 Å². The van der Waals surface area contributed by atoms with E-state index >= 15 is 0 Å². The van der Waals surface area contributed by atoms with Gasteiger partial charge in [0.2, 0.25) is 14.2 Å². The number of nitrogens with zero attached hydrogens (tertiary/aromatic N) is 2. The van der Waals surface area contributed by atoms with Gasteiger partial charge in [0, 0.05) is 5.38 Å². The third-order valence-corrected chi connectivity index (χ3v) is 4.86. The molecule has 2 aromatic rings. The Bertz CT molecular complexity index is 688. The van der Waals surface area contributed by atoms with Gasteiger partial charge in [-0.05, 0) is 18.2 Å². The first-order chi connectivity index (χ1) is 8.05. The van der Waals surface area contributed by atoms with Crippen molar-refractivity contribution in [3.63, 3.8) is 0 Å². The van der Waals surface area contributed by atoms with Crippen LogP contribution in [0.25, 0.3) is 0 Å². The molecule has 0 bridgehead atoms. The number of hydrogen-bond donors (Lipinski definition) is 0. The van der Waals surface area contributed by atoms with Crippen LogP contribution in [0, 0.1) is 23.3 Å². The lowest BCUT2D eigenvalue weighted by Gasteiger charge is -2.01. The van der Waals surface area contributed by atoms with Crippen LogP contribution in [0.1, 0.15) is 5.56 Å². The summed E-state index contributed by atoms with van der Waals surface area (Å²) in [7, 11) is -3.79. The highest BCUT2D eigenvalue weighted by molar-refractivity contribution is 7.93. The maximum atomic E-state index is 13.1. The number of sulfone groups is 1. The summed E-state index contributed by atoms with van der Waals surface area (Å²) in [5.74, 6) is -0.753. The van der Waals surface area contributed by atoms with Crippen molar-refractivity contribution in [2.45, 2.75) is 9.24 Å². The minimum absolute atomic E-state index is 0.131. The fraction of sp³-hybridized carbons (Fsp3) is 0. The van der Waals surface area contributed by atoms with Crippen molar-refractivity contribution in [2.24, 2.45) is 0 Å². The molecule has 1 aromatic carbocycles. The number of thiazole rings is 1. The summed E-state index contributed by atoms with van der Waals surface area (Å²) in [4.78, 5) is 3.42. The molecule has 0 N–H and O–H groups in total. The molecule has 0 saturated carbocycles. The van der Waals surface area contributed by atoms with E-state index in [1.807, 2.05) is 0 Å². The third-order valence-electron chi connectivity index (χ3n) is 1.97. The maximum absolute atomic E-state index is 13.1. The van der Waals surface area contributed by atoms with Crippen LogP contribution in [-0.4, -0.2) is 13.4 Å². The smallest absolute Gasteiger partial charge is 0.223 e. The summed E-state index contributed by atoms with van der Waals surface area (Å²) < 4.78 is 36.9. The van der Waals surface area contributed by atoms with Crippen molar-refractivity contribution in [3.05, 3.63) is 41.2 Å². The lowest BCUT2D eigenvalue weighted by Crippen LogP contribution is -2.02. The zero-order valence-electron chi connectivity index (χ0n) is 8.21. The zero-order chi connectivity index (χ0) is 12.5. The molecular weight excluding hydrogens is 263 g/mol. The van der Waals surface area contributed by atoms with Gasteiger partial charge in [0.15, 0.2) is 0 Å². The molecular formula is C10H4FN2O2S2. The topological polar surface area (TPSA) is 70.8 Å². The molecule has 0 saturated heterocycles. The molecule has 4 nitrogen and oxygen atoms in total. The van der Waals surface area contributed by atoms with Crippen LogP contribution in [0.4, 0.5) is 4.39 Å². The van der Waals surface area contributed by atoms with Gasteiger partial charge in [0.25, 0.3) is 0 Å². The molecule has 0 fully saturated rings. The first kappa shape index (κ1) is 11.7. The van der Waals surface area contributed by atoms with Crippen molar-refractivity contribution in [1.29, 1.82) is 5.26 Å². The van der Waals surface area contributed by atoms with Gasteiger partial charge in [-0.2, -0.15) is 5.26 Å². The van der Waals surface area contributed by atoms with Crippen molar-refractivity contribution in [1.82, 2.24) is 4.98 Å². The summed E-state index contributed by atoms with van der Waals surface area (Å²) in [6.45, 7) is 0. The fourth-order valence-electron chi connectivity index (χ4n) is 1.16. The van der Waals surface area contributed by atoms with Gasteiger partial charge in [-0.3, -0.25) is 0 Å². The van der Waals surface area contributed by atoms with E-state index in [2.05, 4.69) is 11.2 Å². The quantitative estimate of drug-likeness (QED) is 0.778. The maximum Gasteiger partial charge on any atom is 0.233 e. The number of aromatic nitrogens is 1. The van der Waals surface area contributed by atoms with E-state index in [1.54, 1.807) is 6.07 Å². The molecule has 1 aromatic heterocycles. The Morgan fingerprint density at radius 1 is 1.47 bits per heavy atom. The normalized spacial score (nSPS) is 11.1. The lowest BCUT2D eigenvalue weighted by molar-refractivity contribution is 0.593. The number of halogens is 1. The van der Waals surface area contributed by atoms with Crippen LogP contribution < -0.4 is 0 Å². The Morgan fingerprint density at radius 3 is 2.82 bits per heavy atom. The van der Waals surface area contributed by atoms with E-state index < -0.39 is 15.7 Å². The average Bonchev–Trinajstić information content (AvgIpc) is 2.83. The molecule has 1 radical (unpaired) electrons. The second-order valence-corrected chi connectivity index (χ2v) is 5.98. The van der Waals surface area contributed by atoms with Gasteiger partial charge in [-0.25, -0.2) is 17.8 Å². The molecule has 0 atom stereocenters. The van der Waals surface area contributed by atoms with Gasteiger partial charge in [-0.1, -0.05) is 0 Å². The van der Waals surface area contributed by atoms with Crippen molar-refractivity contribution < 1.29 is 12.8 Å². The molecule has 0 aliphatic rings. The minimum Gasteiger partial charge on any atom is -0.223 e. The highest BCUT2D eigenvalue weighted by Crippen LogP contribution is 2.23. The summed E-state index contributed by atoms with van der Waals surface area (Å²) in [6.07, 6.45) is 2.40. The Morgan fingerprint density at radius 2 is 2.24 bits per heavy atom. The molecule has 85 valence electrons. The first-order valence-corrected chi connectivity index (χ1v) is 6.68. The van der Waals surface area contributed by atoms with Crippen LogP contribution in [0.5, 0.6) is 0 Å². The monoisotopic (exact) mass is 267 g/mol. The molecule has 2 rings (SSSR count). The van der Waals surface area contributed by atoms with Gasteiger partial charge < -0.3 is 0 Å². The van der Waals surface area contributed by atoms with Gasteiger partial charge in [-0.15, -0.1) is 11.3 Å². The van der Waals surface area contributed by atoms with E-state index in [0.29, 0.717) is 0 Å². The standard InChI is InChI=1S/C10H4FN2O2S2/c11-9-2-1-8(5-7(9)6-12)17(14,15)10-13-3-4-16-10/h1-2,4-5H. The van der Waals surface area contributed by atoms with Crippen LogP contribution in [0.15, 0.2) is 32.8 Å². The Balaban J connectivity index is 2.60. The van der Waals surface area contributed by atoms with Crippen LogP contribution in [-0.2, 0) is 9.84 Å². The Labute approximate surface area is 101 Å². The Hall–Kier alpha value is -1.78. The molecule has 0 spiro atoms. The van der Waals surface area contributed by atoms with E-state index in [1.165, 1.54) is 5.38 Å². The molecule has 0 aliphatic carbocycles. The third kappa shape index (κ3) is 2.05. The number of hydrogen-bond acceptors (Lipinski definition) is 5. The lowest BCUT2D eigenvalue weighted by atomic mass is 10.2. The van der Waals surface area contributed by atoms with Crippen LogP contribution in [0.3, 0.4) is 0 Å². The average molecular weight is 267 g/mol. The SMILES string of the molecule is N#Cc1cc(S(=O)(=O)c2n[c]cs2)ccc1F. The predicted octanol–water partition coefficient (Wildman–Crippen LogP) is 1.79. The minimum atomic E-state index is -3.79. The molecule has 7 heteroatoms. The second kappa shape index (κ2) is 4.24. The summed E-state index contributed by atoms with van der Waals surface area (Å²) in [6, 6.07) is 4.63. The number of rotatable bonds is 2. The molecule has 17 heavy (non-hydrogen) atoms. The summed E-state index contributed by atoms with van der Waals surface area (Å²) in [5, 5.41) is 10.0. The number of benzene rings is 1. The highest BCUT2D eigenvalue weighted by atomic mass is 32.2. The van der Waals surface area contributed by atoms with Crippen molar-refractivity contribution in [3.8, 4) is 6.07 Å². The molecule has 1 heterocycles. The zero-order valence-corrected chi connectivity index (χ0v) is 9.85. The van der Waals surface area contributed by atoms with E-state index in [9.17, 15) is 12.8 Å². The van der Waals surface area contributed by atoms with E-state index in [0.717, 1.165) is 29.5 Å². The second-order valence-electron chi connectivity index (χ2n) is 3.00. The summed E-state index contributed by atoms with van der Waals surface area (Å²) >= 11 is 0.911. The van der Waals surface area contributed by atoms with E-state index in [-0.39, 0.29) is 14.8 Å². The number of nitriles is 1. The van der Waals surface area contributed by atoms with Crippen LogP contribution >= 0.6 is 11.3 Å². The largest absolute Gasteiger partial charge is 0.233 e.